The van der Waals surface area contributed by atoms with E-state index in [0.717, 1.165) is 33.7 Å². The summed E-state index contributed by atoms with van der Waals surface area (Å²) in [6, 6.07) is 11.2. The summed E-state index contributed by atoms with van der Waals surface area (Å²) in [4.78, 5) is 8.83. The smallest absolute Gasteiger partial charge is 0.231 e. The van der Waals surface area contributed by atoms with Crippen LogP contribution in [0.1, 0.15) is 11.4 Å². The summed E-state index contributed by atoms with van der Waals surface area (Å²) in [5.74, 6) is 2.74. The van der Waals surface area contributed by atoms with E-state index in [1.165, 1.54) is 0 Å². The Morgan fingerprint density at radius 2 is 1.92 bits per heavy atom. The van der Waals surface area contributed by atoms with Crippen molar-refractivity contribution in [1.29, 1.82) is 0 Å². The molecule has 1 aliphatic rings. The maximum absolute atomic E-state index is 6.25. The summed E-state index contributed by atoms with van der Waals surface area (Å²) in [7, 11) is 1.62. The fourth-order valence-electron chi connectivity index (χ4n) is 2.48. The highest BCUT2D eigenvalue weighted by Gasteiger charge is 2.12. The highest BCUT2D eigenvalue weighted by atomic mass is 35.5. The number of hydrogen-bond acceptors (Lipinski definition) is 5. The van der Waals surface area contributed by atoms with Gasteiger partial charge in [-0.1, -0.05) is 23.7 Å². The normalized spacial score (nSPS) is 12.9. The van der Waals surface area contributed by atoms with Gasteiger partial charge in [-0.25, -0.2) is 9.97 Å². The van der Waals surface area contributed by atoms with Crippen LogP contribution >= 0.6 is 11.6 Å². The average molecular weight is 341 g/mol. The molecule has 2 aromatic carbocycles. The van der Waals surface area contributed by atoms with Crippen LogP contribution < -0.4 is 14.2 Å². The lowest BCUT2D eigenvalue weighted by atomic mass is 10.2. The molecule has 120 valence electrons. The van der Waals surface area contributed by atoms with E-state index in [-0.39, 0.29) is 6.79 Å². The molecular formula is C18H13ClN2O3. The van der Waals surface area contributed by atoms with Crippen LogP contribution in [0.5, 0.6) is 17.2 Å². The predicted molar refractivity (Wildman–Crippen MR) is 92.6 cm³/mol. The van der Waals surface area contributed by atoms with Crippen LogP contribution in [0.25, 0.3) is 23.1 Å². The Bertz CT molecular complexity index is 956. The molecule has 0 fully saturated rings. The number of fused-ring (bicyclic) bond motifs is 2. The van der Waals surface area contributed by atoms with E-state index < -0.39 is 0 Å². The average Bonchev–Trinajstić information content (AvgIpc) is 3.07. The fourth-order valence-corrected chi connectivity index (χ4v) is 2.72. The lowest BCUT2D eigenvalue weighted by Gasteiger charge is -2.04. The van der Waals surface area contributed by atoms with Gasteiger partial charge in [-0.15, -0.1) is 0 Å². The molecule has 5 nitrogen and oxygen atoms in total. The molecule has 0 saturated carbocycles. The van der Waals surface area contributed by atoms with E-state index in [4.69, 9.17) is 25.8 Å². The van der Waals surface area contributed by atoms with Crippen molar-refractivity contribution in [2.45, 2.75) is 0 Å². The summed E-state index contributed by atoms with van der Waals surface area (Å²) >= 11 is 6.25. The minimum absolute atomic E-state index is 0.258. The van der Waals surface area contributed by atoms with Crippen LogP contribution in [-0.4, -0.2) is 23.9 Å². The van der Waals surface area contributed by atoms with Crippen LogP contribution in [-0.2, 0) is 0 Å². The van der Waals surface area contributed by atoms with Crippen LogP contribution in [0.15, 0.2) is 36.4 Å². The van der Waals surface area contributed by atoms with Gasteiger partial charge in [0.2, 0.25) is 6.79 Å². The SMILES string of the molecule is COc1ccc2c(Cl)nc(/C=C/c3ccc4c(c3)OCO4)nc2c1. The second kappa shape index (κ2) is 6.02. The van der Waals surface area contributed by atoms with Crippen LogP contribution in [0.2, 0.25) is 5.15 Å². The Labute approximate surface area is 143 Å². The Morgan fingerprint density at radius 3 is 2.79 bits per heavy atom. The zero-order valence-electron chi connectivity index (χ0n) is 12.8. The van der Waals surface area contributed by atoms with Gasteiger partial charge < -0.3 is 14.2 Å². The van der Waals surface area contributed by atoms with Gasteiger partial charge in [0.1, 0.15) is 10.9 Å². The minimum Gasteiger partial charge on any atom is -0.497 e. The first kappa shape index (κ1) is 14.8. The minimum atomic E-state index is 0.258. The molecule has 24 heavy (non-hydrogen) atoms. The number of hydrogen-bond donors (Lipinski definition) is 0. The molecule has 4 rings (SSSR count). The van der Waals surface area contributed by atoms with Crippen LogP contribution in [0, 0.1) is 0 Å². The second-order valence-corrected chi connectivity index (χ2v) is 5.56. The molecule has 6 heteroatoms. The molecule has 3 aromatic rings. The van der Waals surface area contributed by atoms with Crippen molar-refractivity contribution in [3.05, 3.63) is 52.9 Å². The number of ether oxygens (including phenoxy) is 3. The maximum atomic E-state index is 6.25. The Balaban J connectivity index is 1.68. The van der Waals surface area contributed by atoms with Crippen molar-refractivity contribution in [1.82, 2.24) is 9.97 Å². The third-order valence-electron chi connectivity index (χ3n) is 3.70. The number of halogens is 1. The van der Waals surface area contributed by atoms with Gasteiger partial charge in [0.05, 0.1) is 12.6 Å². The fraction of sp³-hybridized carbons (Fsp3) is 0.111. The second-order valence-electron chi connectivity index (χ2n) is 5.20. The van der Waals surface area contributed by atoms with Crippen molar-refractivity contribution >= 4 is 34.7 Å². The Kier molecular flexibility index (Phi) is 3.70. The quantitative estimate of drug-likeness (QED) is 0.669. The molecule has 0 unspecified atom stereocenters. The van der Waals surface area contributed by atoms with Gasteiger partial charge >= 0.3 is 0 Å². The molecule has 0 atom stereocenters. The number of aromatic nitrogens is 2. The molecular weight excluding hydrogens is 328 g/mol. The van der Waals surface area contributed by atoms with Crippen molar-refractivity contribution in [3.8, 4) is 17.2 Å². The highest BCUT2D eigenvalue weighted by Crippen LogP contribution is 2.33. The lowest BCUT2D eigenvalue weighted by molar-refractivity contribution is 0.174. The Morgan fingerprint density at radius 1 is 1.04 bits per heavy atom. The van der Waals surface area contributed by atoms with E-state index in [1.54, 1.807) is 7.11 Å². The summed E-state index contributed by atoms with van der Waals surface area (Å²) in [5.41, 5.74) is 1.70. The van der Waals surface area contributed by atoms with Gasteiger partial charge in [-0.05, 0) is 35.9 Å². The third kappa shape index (κ3) is 2.74. The van der Waals surface area contributed by atoms with Crippen molar-refractivity contribution in [2.24, 2.45) is 0 Å². The molecule has 0 radical (unpaired) electrons. The Hall–Kier alpha value is -2.79. The van der Waals surface area contributed by atoms with E-state index in [2.05, 4.69) is 9.97 Å². The zero-order valence-corrected chi connectivity index (χ0v) is 13.6. The monoisotopic (exact) mass is 340 g/mol. The van der Waals surface area contributed by atoms with E-state index >= 15 is 0 Å². The molecule has 0 N–H and O–H groups in total. The molecule has 0 amide bonds. The van der Waals surface area contributed by atoms with Gasteiger partial charge in [-0.2, -0.15) is 0 Å². The zero-order chi connectivity index (χ0) is 16.5. The maximum Gasteiger partial charge on any atom is 0.231 e. The van der Waals surface area contributed by atoms with Crippen LogP contribution in [0.4, 0.5) is 0 Å². The number of nitrogens with zero attached hydrogens (tertiary/aromatic N) is 2. The summed E-state index contributed by atoms with van der Waals surface area (Å²) in [6.07, 6.45) is 3.71. The first-order valence-corrected chi connectivity index (χ1v) is 7.70. The number of rotatable bonds is 3. The van der Waals surface area contributed by atoms with Gasteiger partial charge in [-0.3, -0.25) is 0 Å². The molecule has 0 bridgehead atoms. The van der Waals surface area contributed by atoms with Crippen molar-refractivity contribution in [3.63, 3.8) is 0 Å². The van der Waals surface area contributed by atoms with E-state index in [9.17, 15) is 0 Å². The highest BCUT2D eigenvalue weighted by molar-refractivity contribution is 6.34. The molecule has 1 aromatic heterocycles. The molecule has 1 aliphatic heterocycles. The summed E-state index contributed by atoms with van der Waals surface area (Å²) in [6.45, 7) is 0.258. The van der Waals surface area contributed by atoms with E-state index in [1.807, 2.05) is 48.6 Å². The summed E-state index contributed by atoms with van der Waals surface area (Å²) < 4.78 is 15.9. The van der Waals surface area contributed by atoms with Crippen molar-refractivity contribution < 1.29 is 14.2 Å². The topological polar surface area (TPSA) is 53.5 Å². The number of benzene rings is 2. The van der Waals surface area contributed by atoms with Crippen LogP contribution in [0.3, 0.4) is 0 Å². The standard InChI is InChI=1S/C18H13ClN2O3/c1-22-12-4-5-13-14(9-12)20-17(21-18(13)19)7-3-11-2-6-15-16(8-11)24-10-23-15/h2-9H,10H2,1H3/b7-3+. The molecule has 2 heterocycles. The molecule has 0 saturated heterocycles. The third-order valence-corrected chi connectivity index (χ3v) is 3.98. The molecule has 0 aliphatic carbocycles. The molecule has 0 spiro atoms. The van der Waals surface area contributed by atoms with Crippen molar-refractivity contribution in [2.75, 3.05) is 13.9 Å². The number of methoxy groups -OCH3 is 1. The van der Waals surface area contributed by atoms with E-state index in [0.29, 0.717) is 11.0 Å². The summed E-state index contributed by atoms with van der Waals surface area (Å²) in [5, 5.41) is 1.20. The first-order chi connectivity index (χ1) is 11.7. The first-order valence-electron chi connectivity index (χ1n) is 7.32. The van der Waals surface area contributed by atoms with Gasteiger partial charge in [0.15, 0.2) is 17.3 Å². The largest absolute Gasteiger partial charge is 0.497 e. The van der Waals surface area contributed by atoms with Gasteiger partial charge in [0.25, 0.3) is 0 Å². The predicted octanol–water partition coefficient (Wildman–Crippen LogP) is 4.19. The van der Waals surface area contributed by atoms with Gasteiger partial charge in [0, 0.05) is 11.5 Å². The lowest BCUT2D eigenvalue weighted by Crippen LogP contribution is -1.92.